The van der Waals surface area contributed by atoms with Gasteiger partial charge in [-0.25, -0.2) is 0 Å². The van der Waals surface area contributed by atoms with Crippen molar-refractivity contribution in [1.29, 1.82) is 0 Å². The molecule has 0 aliphatic rings. The molecule has 0 aliphatic heterocycles. The summed E-state index contributed by atoms with van der Waals surface area (Å²) in [7, 11) is 1.81. The SMILES string of the molecule is CNc1ccccc1C(=O)Nc1ccc2sccc2c1. The van der Waals surface area contributed by atoms with E-state index in [0.717, 1.165) is 16.8 Å². The second kappa shape index (κ2) is 5.35. The number of rotatable bonds is 3. The van der Waals surface area contributed by atoms with Gasteiger partial charge in [-0.05, 0) is 47.2 Å². The molecule has 3 nitrogen and oxygen atoms in total. The van der Waals surface area contributed by atoms with Gasteiger partial charge in [0.1, 0.15) is 0 Å². The highest BCUT2D eigenvalue weighted by Crippen LogP contribution is 2.24. The number of anilines is 2. The number of nitrogens with one attached hydrogen (secondary N) is 2. The first-order valence-corrected chi connectivity index (χ1v) is 7.21. The third-order valence-electron chi connectivity index (χ3n) is 3.15. The lowest BCUT2D eigenvalue weighted by molar-refractivity contribution is 0.102. The zero-order valence-corrected chi connectivity index (χ0v) is 11.8. The predicted octanol–water partition coefficient (Wildman–Crippen LogP) is 4.20. The monoisotopic (exact) mass is 282 g/mol. The maximum atomic E-state index is 12.3. The van der Waals surface area contributed by atoms with Crippen LogP contribution in [0.1, 0.15) is 10.4 Å². The molecule has 2 N–H and O–H groups in total. The van der Waals surface area contributed by atoms with Gasteiger partial charge in [0, 0.05) is 23.1 Å². The van der Waals surface area contributed by atoms with E-state index in [4.69, 9.17) is 0 Å². The molecule has 3 rings (SSSR count). The van der Waals surface area contributed by atoms with Crippen molar-refractivity contribution >= 4 is 38.7 Å². The second-order valence-electron chi connectivity index (χ2n) is 4.42. The summed E-state index contributed by atoms with van der Waals surface area (Å²) < 4.78 is 1.22. The maximum absolute atomic E-state index is 12.3. The second-order valence-corrected chi connectivity index (χ2v) is 5.37. The molecular weight excluding hydrogens is 268 g/mol. The van der Waals surface area contributed by atoms with Crippen LogP contribution in [-0.2, 0) is 0 Å². The molecule has 0 aliphatic carbocycles. The molecule has 1 amide bonds. The Hall–Kier alpha value is -2.33. The predicted molar refractivity (Wildman–Crippen MR) is 85.8 cm³/mol. The third kappa shape index (κ3) is 2.38. The number of hydrogen-bond donors (Lipinski definition) is 2. The van der Waals surface area contributed by atoms with Gasteiger partial charge in [0.2, 0.25) is 0 Å². The Labute approximate surface area is 121 Å². The van der Waals surface area contributed by atoms with E-state index < -0.39 is 0 Å². The van der Waals surface area contributed by atoms with E-state index in [1.54, 1.807) is 11.3 Å². The zero-order valence-electron chi connectivity index (χ0n) is 11.0. The Morgan fingerprint density at radius 1 is 1.10 bits per heavy atom. The van der Waals surface area contributed by atoms with Gasteiger partial charge in [-0.15, -0.1) is 11.3 Å². The molecule has 1 heterocycles. The molecule has 4 heteroatoms. The van der Waals surface area contributed by atoms with E-state index >= 15 is 0 Å². The van der Waals surface area contributed by atoms with Gasteiger partial charge in [0.05, 0.1) is 5.56 Å². The summed E-state index contributed by atoms with van der Waals surface area (Å²) >= 11 is 1.69. The lowest BCUT2D eigenvalue weighted by Gasteiger charge is -2.09. The van der Waals surface area contributed by atoms with Crippen molar-refractivity contribution < 1.29 is 4.79 Å². The first-order valence-electron chi connectivity index (χ1n) is 6.33. The van der Waals surface area contributed by atoms with Crippen LogP contribution in [0.3, 0.4) is 0 Å². The van der Waals surface area contributed by atoms with Crippen LogP contribution in [0.2, 0.25) is 0 Å². The van der Waals surface area contributed by atoms with Gasteiger partial charge in [0.15, 0.2) is 0 Å². The van der Waals surface area contributed by atoms with Gasteiger partial charge in [-0.1, -0.05) is 12.1 Å². The number of hydrogen-bond acceptors (Lipinski definition) is 3. The summed E-state index contributed by atoms with van der Waals surface area (Å²) in [5.41, 5.74) is 2.27. The number of thiophene rings is 1. The fourth-order valence-electron chi connectivity index (χ4n) is 2.14. The first kappa shape index (κ1) is 12.7. The van der Waals surface area contributed by atoms with Crippen molar-refractivity contribution in [3.05, 3.63) is 59.5 Å². The molecule has 0 radical (unpaired) electrons. The van der Waals surface area contributed by atoms with Crippen molar-refractivity contribution in [2.45, 2.75) is 0 Å². The Morgan fingerprint density at radius 2 is 1.95 bits per heavy atom. The molecule has 0 spiro atoms. The molecule has 0 saturated carbocycles. The highest BCUT2D eigenvalue weighted by atomic mass is 32.1. The Morgan fingerprint density at radius 3 is 2.80 bits per heavy atom. The maximum Gasteiger partial charge on any atom is 0.257 e. The molecule has 0 unspecified atom stereocenters. The summed E-state index contributed by atoms with van der Waals surface area (Å²) in [5.74, 6) is -0.107. The number of carbonyl (C=O) groups excluding carboxylic acids is 1. The molecule has 0 fully saturated rings. The van der Waals surface area contributed by atoms with E-state index in [2.05, 4.69) is 16.7 Å². The fraction of sp³-hybridized carbons (Fsp3) is 0.0625. The molecule has 0 atom stereocenters. The van der Waals surface area contributed by atoms with E-state index in [9.17, 15) is 4.79 Å². The van der Waals surface area contributed by atoms with Crippen molar-refractivity contribution in [2.75, 3.05) is 17.7 Å². The van der Waals surface area contributed by atoms with Crippen LogP contribution in [-0.4, -0.2) is 13.0 Å². The van der Waals surface area contributed by atoms with Gasteiger partial charge in [0.25, 0.3) is 5.91 Å². The molecule has 3 aromatic rings. The summed E-state index contributed by atoms with van der Waals surface area (Å²) in [6, 6.07) is 15.5. The average molecular weight is 282 g/mol. The van der Waals surface area contributed by atoms with Crippen LogP contribution < -0.4 is 10.6 Å². The highest BCUT2D eigenvalue weighted by Gasteiger charge is 2.10. The average Bonchev–Trinajstić information content (AvgIpc) is 2.94. The van der Waals surface area contributed by atoms with Gasteiger partial charge < -0.3 is 10.6 Å². The number of amides is 1. The van der Waals surface area contributed by atoms with Crippen molar-refractivity contribution in [1.82, 2.24) is 0 Å². The number of carbonyl (C=O) groups is 1. The Bertz CT molecular complexity index is 764. The lowest BCUT2D eigenvalue weighted by Crippen LogP contribution is -2.13. The van der Waals surface area contributed by atoms with Crippen molar-refractivity contribution in [2.24, 2.45) is 0 Å². The van der Waals surface area contributed by atoms with Gasteiger partial charge in [-0.2, -0.15) is 0 Å². The number of para-hydroxylation sites is 1. The minimum absolute atomic E-state index is 0.107. The van der Waals surface area contributed by atoms with E-state index in [-0.39, 0.29) is 5.91 Å². The molecule has 100 valence electrons. The standard InChI is InChI=1S/C16H14N2OS/c1-17-14-5-3-2-4-13(14)16(19)18-12-6-7-15-11(10-12)8-9-20-15/h2-10,17H,1H3,(H,18,19). The first-order chi connectivity index (χ1) is 9.78. The molecular formula is C16H14N2OS. The van der Waals surface area contributed by atoms with E-state index in [1.807, 2.05) is 54.9 Å². The zero-order chi connectivity index (χ0) is 13.9. The van der Waals surface area contributed by atoms with E-state index in [0.29, 0.717) is 5.56 Å². The Kier molecular flexibility index (Phi) is 3.39. The smallest absolute Gasteiger partial charge is 0.257 e. The molecule has 20 heavy (non-hydrogen) atoms. The highest BCUT2D eigenvalue weighted by molar-refractivity contribution is 7.17. The normalized spacial score (nSPS) is 10.4. The van der Waals surface area contributed by atoms with Crippen LogP contribution in [0.4, 0.5) is 11.4 Å². The summed E-state index contributed by atoms with van der Waals surface area (Å²) in [4.78, 5) is 12.3. The van der Waals surface area contributed by atoms with Crippen molar-refractivity contribution in [3.8, 4) is 0 Å². The van der Waals surface area contributed by atoms with Crippen LogP contribution in [0.5, 0.6) is 0 Å². The van der Waals surface area contributed by atoms with Gasteiger partial charge >= 0.3 is 0 Å². The molecule has 1 aromatic heterocycles. The number of fused-ring (bicyclic) bond motifs is 1. The third-order valence-corrected chi connectivity index (χ3v) is 4.05. The van der Waals surface area contributed by atoms with Crippen LogP contribution in [0.15, 0.2) is 53.9 Å². The summed E-state index contributed by atoms with van der Waals surface area (Å²) in [6.45, 7) is 0. The minimum Gasteiger partial charge on any atom is -0.387 e. The topological polar surface area (TPSA) is 41.1 Å². The molecule has 0 saturated heterocycles. The largest absolute Gasteiger partial charge is 0.387 e. The quantitative estimate of drug-likeness (QED) is 0.756. The van der Waals surface area contributed by atoms with Crippen LogP contribution in [0, 0.1) is 0 Å². The van der Waals surface area contributed by atoms with Crippen molar-refractivity contribution in [3.63, 3.8) is 0 Å². The summed E-state index contributed by atoms with van der Waals surface area (Å²) in [5, 5.41) is 9.17. The molecule has 2 aromatic carbocycles. The summed E-state index contributed by atoms with van der Waals surface area (Å²) in [6.07, 6.45) is 0. The van der Waals surface area contributed by atoms with E-state index in [1.165, 1.54) is 4.70 Å². The Balaban J connectivity index is 1.88. The van der Waals surface area contributed by atoms with Crippen LogP contribution >= 0.6 is 11.3 Å². The van der Waals surface area contributed by atoms with Gasteiger partial charge in [-0.3, -0.25) is 4.79 Å². The number of benzene rings is 2. The minimum atomic E-state index is -0.107. The lowest BCUT2D eigenvalue weighted by atomic mass is 10.1. The fourth-order valence-corrected chi connectivity index (χ4v) is 2.91. The van der Waals surface area contributed by atoms with Crippen LogP contribution in [0.25, 0.3) is 10.1 Å². The molecule has 0 bridgehead atoms.